The molecule has 0 saturated carbocycles. The number of benzene rings is 1. The van der Waals surface area contributed by atoms with Gasteiger partial charge in [-0.25, -0.2) is 9.52 Å². The van der Waals surface area contributed by atoms with Gasteiger partial charge in [0.2, 0.25) is 0 Å². The average Bonchev–Trinajstić information content (AvgIpc) is 2.34. The van der Waals surface area contributed by atoms with Crippen LogP contribution in [0.5, 0.6) is 0 Å². The molecule has 0 unspecified atom stereocenters. The van der Waals surface area contributed by atoms with Crippen molar-refractivity contribution in [3.63, 3.8) is 0 Å². The van der Waals surface area contributed by atoms with Gasteiger partial charge in [-0.3, -0.25) is 4.72 Å². The Morgan fingerprint density at radius 2 is 2.14 bits per heavy atom. The van der Waals surface area contributed by atoms with Gasteiger partial charge in [-0.15, -0.1) is 0 Å². The van der Waals surface area contributed by atoms with E-state index in [1.165, 1.54) is 12.1 Å². The SMILES string of the molecule is CC(C)OC(=O)NS(=O)(=O)Nc1cccc(C#CCN)c1. The largest absolute Gasteiger partial charge is 0.446 e. The van der Waals surface area contributed by atoms with Crippen LogP contribution in [-0.4, -0.2) is 27.2 Å². The van der Waals surface area contributed by atoms with E-state index in [0.717, 1.165) is 0 Å². The van der Waals surface area contributed by atoms with Crippen LogP contribution in [0.2, 0.25) is 0 Å². The Labute approximate surface area is 124 Å². The maximum atomic E-state index is 11.7. The third kappa shape index (κ3) is 6.65. The first-order chi connectivity index (χ1) is 9.82. The second kappa shape index (κ2) is 7.52. The van der Waals surface area contributed by atoms with Crippen molar-refractivity contribution < 1.29 is 17.9 Å². The van der Waals surface area contributed by atoms with Crippen LogP contribution < -0.4 is 15.2 Å². The van der Waals surface area contributed by atoms with Crippen LogP contribution in [0, 0.1) is 11.8 Å². The molecule has 0 saturated heterocycles. The van der Waals surface area contributed by atoms with Crippen LogP contribution in [0.4, 0.5) is 10.5 Å². The van der Waals surface area contributed by atoms with Gasteiger partial charge in [-0.1, -0.05) is 17.9 Å². The molecule has 7 nitrogen and oxygen atoms in total. The molecular weight excluding hydrogens is 294 g/mol. The van der Waals surface area contributed by atoms with Gasteiger partial charge < -0.3 is 10.5 Å². The normalized spacial score (nSPS) is 10.5. The lowest BCUT2D eigenvalue weighted by atomic mass is 10.2. The van der Waals surface area contributed by atoms with Crippen LogP contribution in [0.25, 0.3) is 0 Å². The van der Waals surface area contributed by atoms with Gasteiger partial charge in [0, 0.05) is 5.56 Å². The molecule has 0 heterocycles. The summed E-state index contributed by atoms with van der Waals surface area (Å²) in [6.45, 7) is 3.43. The van der Waals surface area contributed by atoms with Gasteiger partial charge in [0.1, 0.15) is 0 Å². The van der Waals surface area contributed by atoms with Crippen LogP contribution in [-0.2, 0) is 14.9 Å². The fourth-order valence-corrected chi connectivity index (χ4v) is 2.10. The highest BCUT2D eigenvalue weighted by Crippen LogP contribution is 2.11. The summed E-state index contributed by atoms with van der Waals surface area (Å²) in [4.78, 5) is 11.3. The number of anilines is 1. The van der Waals surface area contributed by atoms with E-state index in [-0.39, 0.29) is 12.2 Å². The Bertz CT molecular complexity index is 659. The Hall–Kier alpha value is -2.24. The van der Waals surface area contributed by atoms with Gasteiger partial charge in [0.25, 0.3) is 0 Å². The fraction of sp³-hybridized carbons (Fsp3) is 0.308. The van der Waals surface area contributed by atoms with Crippen LogP contribution in [0.1, 0.15) is 19.4 Å². The van der Waals surface area contributed by atoms with Crippen molar-refractivity contribution >= 4 is 22.0 Å². The predicted molar refractivity (Wildman–Crippen MR) is 79.7 cm³/mol. The summed E-state index contributed by atoms with van der Waals surface area (Å²) in [5, 5.41) is 0. The summed E-state index contributed by atoms with van der Waals surface area (Å²) in [6.07, 6.45) is -1.47. The molecular formula is C13H17N3O4S. The highest BCUT2D eigenvalue weighted by Gasteiger charge is 2.16. The predicted octanol–water partition coefficient (Wildman–Crippen LogP) is 0.788. The number of rotatable bonds is 4. The summed E-state index contributed by atoms with van der Waals surface area (Å²) in [6, 6.07) is 6.39. The van der Waals surface area contributed by atoms with Crippen molar-refractivity contribution in [1.29, 1.82) is 0 Å². The minimum Gasteiger partial charge on any atom is -0.446 e. The Kier molecular flexibility index (Phi) is 6.02. The third-order valence-corrected chi connectivity index (χ3v) is 2.95. The zero-order valence-corrected chi connectivity index (χ0v) is 12.5. The number of ether oxygens (including phenoxy) is 1. The average molecular weight is 311 g/mol. The molecule has 1 amide bonds. The minimum absolute atomic E-state index is 0.207. The molecule has 0 aliphatic rings. The molecule has 0 spiro atoms. The fourth-order valence-electron chi connectivity index (χ4n) is 1.34. The molecule has 21 heavy (non-hydrogen) atoms. The second-order valence-electron chi connectivity index (χ2n) is 4.25. The number of amides is 1. The number of nitrogens with one attached hydrogen (secondary N) is 2. The first kappa shape index (κ1) is 16.8. The molecule has 1 rings (SSSR count). The Morgan fingerprint density at radius 3 is 2.76 bits per heavy atom. The number of carbonyl (C=O) groups excluding carboxylic acids is 1. The standard InChI is InChI=1S/C13H17N3O4S/c1-10(2)20-13(17)16-21(18,19)15-12-7-3-5-11(9-12)6-4-8-14/h3,5,7,9-10,15H,8,14H2,1-2H3,(H,16,17). The summed E-state index contributed by atoms with van der Waals surface area (Å²) in [5.41, 5.74) is 6.13. The molecule has 1 aromatic rings. The molecule has 8 heteroatoms. The summed E-state index contributed by atoms with van der Waals surface area (Å²) >= 11 is 0. The van der Waals surface area contributed by atoms with Crippen molar-refractivity contribution in [1.82, 2.24) is 4.72 Å². The quantitative estimate of drug-likeness (QED) is 0.712. The zero-order chi connectivity index (χ0) is 15.9. The minimum atomic E-state index is -4.06. The number of nitrogens with two attached hydrogens (primary N) is 1. The lowest BCUT2D eigenvalue weighted by molar-refractivity contribution is 0.121. The lowest BCUT2D eigenvalue weighted by Gasteiger charge is -2.11. The van der Waals surface area contributed by atoms with E-state index in [0.29, 0.717) is 5.56 Å². The third-order valence-electron chi connectivity index (χ3n) is 2.01. The smallest absolute Gasteiger partial charge is 0.422 e. The molecule has 0 atom stereocenters. The number of hydrogen-bond acceptors (Lipinski definition) is 5. The van der Waals surface area contributed by atoms with Crippen molar-refractivity contribution in [3.8, 4) is 11.8 Å². The molecule has 114 valence electrons. The van der Waals surface area contributed by atoms with E-state index < -0.39 is 22.4 Å². The van der Waals surface area contributed by atoms with Gasteiger partial charge in [-0.2, -0.15) is 8.42 Å². The van der Waals surface area contributed by atoms with Crippen LogP contribution in [0.3, 0.4) is 0 Å². The van der Waals surface area contributed by atoms with Gasteiger partial charge in [0.15, 0.2) is 0 Å². The number of hydrogen-bond donors (Lipinski definition) is 3. The van der Waals surface area contributed by atoms with Crippen molar-refractivity contribution in [2.75, 3.05) is 11.3 Å². The molecule has 0 fully saturated rings. The molecule has 4 N–H and O–H groups in total. The summed E-state index contributed by atoms with van der Waals surface area (Å²) in [5.74, 6) is 5.43. The van der Waals surface area contributed by atoms with Crippen LogP contribution >= 0.6 is 0 Å². The topological polar surface area (TPSA) is 111 Å². The van der Waals surface area contributed by atoms with Gasteiger partial charge in [-0.05, 0) is 32.0 Å². The van der Waals surface area contributed by atoms with Crippen molar-refractivity contribution in [2.45, 2.75) is 20.0 Å². The summed E-state index contributed by atoms with van der Waals surface area (Å²) in [7, 11) is -4.06. The maximum Gasteiger partial charge on any atom is 0.422 e. The van der Waals surface area contributed by atoms with E-state index in [1.807, 2.05) is 0 Å². The molecule has 0 radical (unpaired) electrons. The van der Waals surface area contributed by atoms with E-state index in [4.69, 9.17) is 10.5 Å². The molecule has 0 aromatic heterocycles. The Balaban J connectivity index is 2.77. The highest BCUT2D eigenvalue weighted by atomic mass is 32.2. The first-order valence-corrected chi connectivity index (χ1v) is 7.61. The Morgan fingerprint density at radius 1 is 1.43 bits per heavy atom. The maximum absolute atomic E-state index is 11.7. The highest BCUT2D eigenvalue weighted by molar-refractivity contribution is 7.91. The molecule has 0 aliphatic carbocycles. The van der Waals surface area contributed by atoms with E-state index in [2.05, 4.69) is 16.6 Å². The lowest BCUT2D eigenvalue weighted by Crippen LogP contribution is -2.36. The van der Waals surface area contributed by atoms with Gasteiger partial charge >= 0.3 is 16.3 Å². The summed E-state index contributed by atoms with van der Waals surface area (Å²) < 4.78 is 32.1. The monoisotopic (exact) mass is 311 g/mol. The zero-order valence-electron chi connectivity index (χ0n) is 11.7. The van der Waals surface area contributed by atoms with Crippen molar-refractivity contribution in [3.05, 3.63) is 29.8 Å². The van der Waals surface area contributed by atoms with E-state index in [9.17, 15) is 13.2 Å². The van der Waals surface area contributed by atoms with E-state index >= 15 is 0 Å². The molecule has 0 bridgehead atoms. The second-order valence-corrected chi connectivity index (χ2v) is 5.66. The molecule has 0 aliphatic heterocycles. The first-order valence-electron chi connectivity index (χ1n) is 6.12. The van der Waals surface area contributed by atoms with Crippen LogP contribution in [0.15, 0.2) is 24.3 Å². The number of carbonyl (C=O) groups is 1. The van der Waals surface area contributed by atoms with E-state index in [1.54, 1.807) is 30.7 Å². The van der Waals surface area contributed by atoms with Gasteiger partial charge in [0.05, 0.1) is 18.3 Å². The molecule has 1 aromatic carbocycles. The van der Waals surface area contributed by atoms with Crippen molar-refractivity contribution in [2.24, 2.45) is 5.73 Å².